The molecule has 0 radical (unpaired) electrons. The second kappa shape index (κ2) is 5.36. The van der Waals surface area contributed by atoms with Crippen LogP contribution in [0.1, 0.15) is 52.4 Å². The summed E-state index contributed by atoms with van der Waals surface area (Å²) in [5.41, 5.74) is -0.210. The highest BCUT2D eigenvalue weighted by Crippen LogP contribution is 2.31. The summed E-state index contributed by atoms with van der Waals surface area (Å²) >= 11 is 0. The summed E-state index contributed by atoms with van der Waals surface area (Å²) in [6.45, 7) is 5.25. The van der Waals surface area contributed by atoms with E-state index < -0.39 is 0 Å². The molecule has 80 valence electrons. The maximum absolute atomic E-state index is 9.24. The number of rotatable bonds is 3. The highest BCUT2D eigenvalue weighted by Gasteiger charge is 2.31. The summed E-state index contributed by atoms with van der Waals surface area (Å²) in [6.07, 6.45) is 7.08. The van der Waals surface area contributed by atoms with Gasteiger partial charge in [-0.05, 0) is 31.7 Å². The van der Waals surface area contributed by atoms with Gasteiger partial charge in [0.25, 0.3) is 0 Å². The van der Waals surface area contributed by atoms with Crippen molar-refractivity contribution < 1.29 is 0 Å². The molecule has 2 unspecified atom stereocenters. The van der Waals surface area contributed by atoms with Crippen LogP contribution in [0.25, 0.3) is 0 Å². The molecule has 1 N–H and O–H groups in total. The molecule has 1 rings (SSSR count). The molecule has 2 nitrogen and oxygen atoms in total. The Kier molecular flexibility index (Phi) is 4.41. The minimum atomic E-state index is -0.210. The first-order valence-corrected chi connectivity index (χ1v) is 5.92. The Bertz CT molecular complexity index is 207. The van der Waals surface area contributed by atoms with E-state index in [0.717, 1.165) is 25.3 Å². The molecule has 2 atom stereocenters. The SMILES string of the molecule is CCNC1(C#N)CCCC(CC)CC1. The van der Waals surface area contributed by atoms with Gasteiger partial charge in [-0.3, -0.25) is 5.32 Å². The number of hydrogen-bond acceptors (Lipinski definition) is 2. The van der Waals surface area contributed by atoms with Crippen LogP contribution < -0.4 is 5.32 Å². The van der Waals surface area contributed by atoms with Crippen molar-refractivity contribution in [3.8, 4) is 6.07 Å². The fraction of sp³-hybridized carbons (Fsp3) is 0.917. The zero-order valence-electron chi connectivity index (χ0n) is 9.47. The van der Waals surface area contributed by atoms with Crippen molar-refractivity contribution in [1.29, 1.82) is 5.26 Å². The number of nitriles is 1. The predicted octanol–water partition coefficient (Wildman–Crippen LogP) is 2.85. The zero-order valence-corrected chi connectivity index (χ0v) is 9.47. The number of hydrogen-bond donors (Lipinski definition) is 1. The number of nitrogens with zero attached hydrogens (tertiary/aromatic N) is 1. The molecule has 2 heteroatoms. The molecule has 0 bridgehead atoms. The van der Waals surface area contributed by atoms with Gasteiger partial charge in [-0.15, -0.1) is 0 Å². The Labute approximate surface area is 87.7 Å². The number of nitrogens with one attached hydrogen (secondary N) is 1. The molecule has 0 aromatic carbocycles. The van der Waals surface area contributed by atoms with Crippen LogP contribution in [0.5, 0.6) is 0 Å². The lowest BCUT2D eigenvalue weighted by atomic mass is 9.91. The lowest BCUT2D eigenvalue weighted by molar-refractivity contribution is 0.364. The molecule has 0 saturated heterocycles. The normalized spacial score (nSPS) is 33.4. The van der Waals surface area contributed by atoms with Crippen LogP contribution in [0.2, 0.25) is 0 Å². The highest BCUT2D eigenvalue weighted by atomic mass is 15.0. The lowest BCUT2D eigenvalue weighted by Crippen LogP contribution is -2.43. The van der Waals surface area contributed by atoms with Gasteiger partial charge in [0.1, 0.15) is 5.54 Å². The Hall–Kier alpha value is -0.550. The van der Waals surface area contributed by atoms with Gasteiger partial charge in [0.2, 0.25) is 0 Å². The van der Waals surface area contributed by atoms with Gasteiger partial charge in [0.15, 0.2) is 0 Å². The van der Waals surface area contributed by atoms with E-state index >= 15 is 0 Å². The molecule has 1 aliphatic carbocycles. The van der Waals surface area contributed by atoms with Crippen LogP contribution in [0.3, 0.4) is 0 Å². The Morgan fingerprint density at radius 3 is 2.71 bits per heavy atom. The van der Waals surface area contributed by atoms with Crippen molar-refractivity contribution in [3.05, 3.63) is 0 Å². The van der Waals surface area contributed by atoms with Crippen LogP contribution in [0, 0.1) is 17.2 Å². The van der Waals surface area contributed by atoms with Crippen molar-refractivity contribution in [3.63, 3.8) is 0 Å². The second-order valence-corrected chi connectivity index (χ2v) is 4.43. The van der Waals surface area contributed by atoms with Gasteiger partial charge < -0.3 is 0 Å². The largest absolute Gasteiger partial charge is 0.300 e. The molecule has 0 amide bonds. The first-order chi connectivity index (χ1) is 6.76. The quantitative estimate of drug-likeness (QED) is 0.701. The molecular formula is C12H22N2. The van der Waals surface area contributed by atoms with Crippen LogP contribution in [0.4, 0.5) is 0 Å². The fourth-order valence-corrected chi connectivity index (χ4v) is 2.49. The Balaban J connectivity index is 2.58. The van der Waals surface area contributed by atoms with Crippen molar-refractivity contribution >= 4 is 0 Å². The average Bonchev–Trinajstić information content (AvgIpc) is 2.42. The minimum Gasteiger partial charge on any atom is -0.300 e. The van der Waals surface area contributed by atoms with E-state index in [1.165, 1.54) is 25.7 Å². The Morgan fingerprint density at radius 2 is 2.14 bits per heavy atom. The van der Waals surface area contributed by atoms with Gasteiger partial charge in [0.05, 0.1) is 6.07 Å². The highest BCUT2D eigenvalue weighted by molar-refractivity contribution is 5.07. The maximum Gasteiger partial charge on any atom is 0.106 e. The molecule has 1 saturated carbocycles. The van der Waals surface area contributed by atoms with Crippen LogP contribution in [-0.4, -0.2) is 12.1 Å². The standard InChI is InChI=1S/C12H22N2/c1-3-11-6-5-8-12(10-13,9-7-11)14-4-2/h11,14H,3-9H2,1-2H3. The molecule has 14 heavy (non-hydrogen) atoms. The van der Waals surface area contributed by atoms with E-state index in [1.807, 2.05) is 0 Å². The predicted molar refractivity (Wildman–Crippen MR) is 58.9 cm³/mol. The average molecular weight is 194 g/mol. The summed E-state index contributed by atoms with van der Waals surface area (Å²) in [6, 6.07) is 2.49. The summed E-state index contributed by atoms with van der Waals surface area (Å²) in [5, 5.41) is 12.6. The van der Waals surface area contributed by atoms with Crippen LogP contribution in [0.15, 0.2) is 0 Å². The minimum absolute atomic E-state index is 0.210. The third kappa shape index (κ3) is 2.72. The Morgan fingerprint density at radius 1 is 1.36 bits per heavy atom. The van der Waals surface area contributed by atoms with E-state index in [1.54, 1.807) is 0 Å². The van der Waals surface area contributed by atoms with Gasteiger partial charge in [-0.2, -0.15) is 5.26 Å². The van der Waals surface area contributed by atoms with E-state index in [9.17, 15) is 5.26 Å². The maximum atomic E-state index is 9.24. The fourth-order valence-electron chi connectivity index (χ4n) is 2.49. The first kappa shape index (κ1) is 11.5. The molecule has 0 heterocycles. The molecule has 0 aromatic heterocycles. The smallest absolute Gasteiger partial charge is 0.106 e. The topological polar surface area (TPSA) is 35.8 Å². The van der Waals surface area contributed by atoms with Crippen molar-refractivity contribution in [2.24, 2.45) is 5.92 Å². The third-order valence-corrected chi connectivity index (χ3v) is 3.50. The molecule has 1 aliphatic rings. The van der Waals surface area contributed by atoms with E-state index in [2.05, 4.69) is 25.2 Å². The third-order valence-electron chi connectivity index (χ3n) is 3.50. The van der Waals surface area contributed by atoms with Gasteiger partial charge in [-0.1, -0.05) is 33.1 Å². The van der Waals surface area contributed by atoms with Gasteiger partial charge in [-0.25, -0.2) is 0 Å². The summed E-state index contributed by atoms with van der Waals surface area (Å²) in [5.74, 6) is 0.851. The molecular weight excluding hydrogens is 172 g/mol. The summed E-state index contributed by atoms with van der Waals surface area (Å²) < 4.78 is 0. The zero-order chi connectivity index (χ0) is 10.4. The molecule has 0 spiro atoms. The van der Waals surface area contributed by atoms with Crippen LogP contribution in [-0.2, 0) is 0 Å². The second-order valence-electron chi connectivity index (χ2n) is 4.43. The summed E-state index contributed by atoms with van der Waals surface area (Å²) in [4.78, 5) is 0. The molecule has 1 fully saturated rings. The van der Waals surface area contributed by atoms with Crippen molar-refractivity contribution in [2.45, 2.75) is 57.9 Å². The summed E-state index contributed by atoms with van der Waals surface area (Å²) in [7, 11) is 0. The lowest BCUT2D eigenvalue weighted by Gasteiger charge is -2.25. The van der Waals surface area contributed by atoms with Crippen LogP contribution >= 0.6 is 0 Å². The van der Waals surface area contributed by atoms with E-state index in [4.69, 9.17) is 0 Å². The van der Waals surface area contributed by atoms with Gasteiger partial charge >= 0.3 is 0 Å². The first-order valence-electron chi connectivity index (χ1n) is 5.92. The van der Waals surface area contributed by atoms with E-state index in [0.29, 0.717) is 0 Å². The van der Waals surface area contributed by atoms with Gasteiger partial charge in [0, 0.05) is 0 Å². The molecule has 0 aliphatic heterocycles. The van der Waals surface area contributed by atoms with Crippen molar-refractivity contribution in [1.82, 2.24) is 5.32 Å². The monoisotopic (exact) mass is 194 g/mol. The van der Waals surface area contributed by atoms with E-state index in [-0.39, 0.29) is 5.54 Å². The van der Waals surface area contributed by atoms with Crippen molar-refractivity contribution in [2.75, 3.05) is 6.54 Å². The molecule has 0 aromatic rings.